The Morgan fingerprint density at radius 1 is 0.667 bits per heavy atom. The van der Waals surface area contributed by atoms with E-state index in [0.29, 0.717) is 6.42 Å². The van der Waals surface area contributed by atoms with Gasteiger partial charge in [-0.25, -0.2) is 4.18 Å². The van der Waals surface area contributed by atoms with E-state index in [1.807, 2.05) is 0 Å². The number of rotatable bonds is 18. The summed E-state index contributed by atoms with van der Waals surface area (Å²) in [5.41, 5.74) is 0. The molecule has 1 N–H and O–H groups in total. The third-order valence-corrected chi connectivity index (χ3v) is 4.69. The van der Waals surface area contributed by atoms with Gasteiger partial charge in [-0.2, -0.15) is 8.42 Å². The van der Waals surface area contributed by atoms with Crippen LogP contribution in [-0.4, -0.2) is 68.5 Å². The molecule has 0 saturated heterocycles. The van der Waals surface area contributed by atoms with E-state index in [0.717, 1.165) is 12.8 Å². The van der Waals surface area contributed by atoms with Crippen molar-refractivity contribution in [2.45, 2.75) is 110 Å². The predicted octanol–water partition coefficient (Wildman–Crippen LogP) is 5.91. The summed E-state index contributed by atoms with van der Waals surface area (Å²) >= 11 is 0. The molecule has 0 aromatic carbocycles. The van der Waals surface area contributed by atoms with Crippen LogP contribution < -0.4 is 0 Å². The van der Waals surface area contributed by atoms with Crippen LogP contribution >= 0.6 is 0 Å². The summed E-state index contributed by atoms with van der Waals surface area (Å²) in [7, 11) is -4.24. The van der Waals surface area contributed by atoms with Crippen molar-refractivity contribution in [1.29, 1.82) is 0 Å². The second-order valence-corrected chi connectivity index (χ2v) is 7.64. The number of hydrogen-bond donors (Lipinski definition) is 1. The third kappa shape index (κ3) is 25.7. The van der Waals surface area contributed by atoms with Crippen LogP contribution in [0.5, 0.6) is 0 Å². The van der Waals surface area contributed by atoms with Gasteiger partial charge in [0.05, 0.1) is 6.61 Å². The van der Waals surface area contributed by atoms with Gasteiger partial charge < -0.3 is 2.85 Å². The molecular weight excluding hydrogens is 450 g/mol. The molecule has 0 radical (unpaired) electrons. The van der Waals surface area contributed by atoms with Crippen LogP contribution in [0.15, 0.2) is 0 Å². The topological polar surface area (TPSA) is 63.6 Å². The summed E-state index contributed by atoms with van der Waals surface area (Å²) in [6.45, 7) is 2.36. The van der Waals surface area contributed by atoms with Crippen LogP contribution in [-0.2, 0) is 14.6 Å². The fraction of sp³-hybridized carbons (Fsp3) is 1.00. The first-order chi connectivity index (χ1) is 11.1. The molecule has 4 nitrogen and oxygen atoms in total. The summed E-state index contributed by atoms with van der Waals surface area (Å²) < 4.78 is 33.3. The van der Waals surface area contributed by atoms with Crippen molar-refractivity contribution in [3.63, 3.8) is 0 Å². The molecule has 0 bridgehead atoms. The van der Waals surface area contributed by atoms with Gasteiger partial charge in [-0.05, 0) is 6.42 Å². The normalized spacial score (nSPS) is 11.4. The minimum absolute atomic E-state index is 0. The van der Waals surface area contributed by atoms with E-state index in [9.17, 15) is 8.42 Å². The molecule has 0 atom stereocenters. The molecule has 24 heavy (non-hydrogen) atoms. The van der Waals surface area contributed by atoms with Crippen LogP contribution in [0.1, 0.15) is 113 Å². The maximum Gasteiger partial charge on any atom is 2.00 e. The molecule has 144 valence electrons. The fourth-order valence-electron chi connectivity index (χ4n) is 2.81. The van der Waals surface area contributed by atoms with Crippen molar-refractivity contribution in [2.24, 2.45) is 0 Å². The van der Waals surface area contributed by atoms with Gasteiger partial charge in [0.25, 0.3) is 0 Å². The molecule has 0 aromatic rings. The van der Waals surface area contributed by atoms with Gasteiger partial charge in [0.2, 0.25) is 0 Å². The molecule has 0 saturated carbocycles. The zero-order chi connectivity index (χ0) is 17.2. The molecule has 0 aliphatic carbocycles. The SMILES string of the molecule is CCCCCCCCCCCCCCCCCCOS(=O)(=O)O.[Ba+2].[H-].[H-]. The summed E-state index contributed by atoms with van der Waals surface area (Å²) in [6.07, 6.45) is 20.5. The van der Waals surface area contributed by atoms with Gasteiger partial charge in [0.15, 0.2) is 0 Å². The van der Waals surface area contributed by atoms with Gasteiger partial charge >= 0.3 is 59.3 Å². The van der Waals surface area contributed by atoms with Gasteiger partial charge in [0.1, 0.15) is 0 Å². The molecule has 0 amide bonds. The largest absolute Gasteiger partial charge is 2.00 e. The number of hydrogen-bond acceptors (Lipinski definition) is 3. The Bertz CT molecular complexity index is 344. The summed E-state index contributed by atoms with van der Waals surface area (Å²) in [4.78, 5) is 0. The average Bonchev–Trinajstić information content (AvgIpc) is 2.49. The van der Waals surface area contributed by atoms with Gasteiger partial charge in [0, 0.05) is 0 Å². The summed E-state index contributed by atoms with van der Waals surface area (Å²) in [5.74, 6) is 0. The van der Waals surface area contributed by atoms with Gasteiger partial charge in [-0.15, -0.1) is 0 Å². The Morgan fingerprint density at radius 2 is 0.958 bits per heavy atom. The third-order valence-electron chi connectivity index (χ3n) is 4.23. The molecule has 0 heterocycles. The molecule has 0 aliphatic heterocycles. The van der Waals surface area contributed by atoms with Crippen molar-refractivity contribution in [1.82, 2.24) is 0 Å². The maximum absolute atomic E-state index is 10.3. The van der Waals surface area contributed by atoms with Crippen LogP contribution in [0.4, 0.5) is 0 Å². The smallest absolute Gasteiger partial charge is 1.00 e. The predicted molar refractivity (Wildman–Crippen MR) is 105 cm³/mol. The molecular formula is C18H40BaO4S. The van der Waals surface area contributed by atoms with E-state index in [4.69, 9.17) is 4.55 Å². The second-order valence-electron chi connectivity index (χ2n) is 6.55. The Balaban J connectivity index is -0.000000807. The zero-order valence-corrected chi connectivity index (χ0v) is 21.1. The maximum atomic E-state index is 10.3. The van der Waals surface area contributed by atoms with E-state index < -0.39 is 10.4 Å². The van der Waals surface area contributed by atoms with E-state index in [1.165, 1.54) is 83.5 Å². The molecule has 0 spiro atoms. The monoisotopic (exact) mass is 490 g/mol. The Hall–Kier alpha value is 1.44. The standard InChI is InChI=1S/C18H38O4S.Ba.2H/c1-2-3-4-5-6-7-8-9-10-11-12-13-14-15-16-17-18-22-23(19,20)21;;;/h2-18H2,1H3,(H,19,20,21);;;/q;+2;2*-1. The van der Waals surface area contributed by atoms with Crippen LogP contribution in [0, 0.1) is 0 Å². The Kier molecular flexibility index (Phi) is 23.9. The molecule has 0 fully saturated rings. The minimum atomic E-state index is -4.24. The molecule has 0 aromatic heterocycles. The molecule has 0 aliphatic rings. The first-order valence-electron chi connectivity index (χ1n) is 9.68. The quantitative estimate of drug-likeness (QED) is 0.148. The first kappa shape index (κ1) is 27.7. The van der Waals surface area contributed by atoms with Crippen LogP contribution in [0.2, 0.25) is 0 Å². The van der Waals surface area contributed by atoms with Crippen LogP contribution in [0.25, 0.3) is 0 Å². The van der Waals surface area contributed by atoms with Crippen molar-refractivity contribution in [3.8, 4) is 0 Å². The first-order valence-corrected chi connectivity index (χ1v) is 11.0. The minimum Gasteiger partial charge on any atom is -1.00 e. The van der Waals surface area contributed by atoms with Gasteiger partial charge in [-0.3, -0.25) is 4.55 Å². The second kappa shape index (κ2) is 20.7. The van der Waals surface area contributed by atoms with Crippen molar-refractivity contribution >= 4 is 59.3 Å². The van der Waals surface area contributed by atoms with E-state index in [2.05, 4.69) is 11.1 Å². The van der Waals surface area contributed by atoms with Crippen molar-refractivity contribution in [2.75, 3.05) is 6.61 Å². The zero-order valence-electron chi connectivity index (χ0n) is 17.8. The fourth-order valence-corrected chi connectivity index (χ4v) is 3.14. The summed E-state index contributed by atoms with van der Waals surface area (Å²) in [6, 6.07) is 0. The van der Waals surface area contributed by atoms with E-state index in [-0.39, 0.29) is 58.3 Å². The van der Waals surface area contributed by atoms with Crippen molar-refractivity contribution in [3.05, 3.63) is 0 Å². The van der Waals surface area contributed by atoms with E-state index in [1.54, 1.807) is 0 Å². The van der Waals surface area contributed by atoms with Crippen LogP contribution in [0.3, 0.4) is 0 Å². The van der Waals surface area contributed by atoms with E-state index >= 15 is 0 Å². The van der Waals surface area contributed by atoms with Gasteiger partial charge in [-0.1, -0.05) is 103 Å². The molecule has 0 unspecified atom stereocenters. The average molecular weight is 490 g/mol. The molecule has 6 heteroatoms. The number of unbranched alkanes of at least 4 members (excludes halogenated alkanes) is 15. The molecule has 0 rings (SSSR count). The Morgan fingerprint density at radius 3 is 1.25 bits per heavy atom. The Labute approximate surface area is 193 Å². The van der Waals surface area contributed by atoms with Crippen molar-refractivity contribution < 1.29 is 20.0 Å². The summed E-state index contributed by atoms with van der Waals surface area (Å²) in [5, 5.41) is 0.